The Bertz CT molecular complexity index is 1110. The number of urea groups is 1. The Hall–Kier alpha value is -3.14. The summed E-state index contributed by atoms with van der Waals surface area (Å²) in [6.45, 7) is 5.93. The summed E-state index contributed by atoms with van der Waals surface area (Å²) < 4.78 is 45.5. The Morgan fingerprint density at radius 2 is 1.80 bits per heavy atom. The van der Waals surface area contributed by atoms with Crippen LogP contribution in [0.5, 0.6) is 0 Å². The van der Waals surface area contributed by atoms with Gasteiger partial charge in [-0.25, -0.2) is 14.7 Å². The molecule has 1 aromatic carbocycles. The van der Waals surface area contributed by atoms with Crippen molar-refractivity contribution >= 4 is 23.4 Å². The van der Waals surface area contributed by atoms with E-state index < -0.39 is 29.1 Å². The summed E-state index contributed by atoms with van der Waals surface area (Å²) in [5.41, 5.74) is -1.77. The molecule has 1 aliphatic heterocycles. The lowest BCUT2D eigenvalue weighted by Crippen LogP contribution is -2.43. The second-order valence-corrected chi connectivity index (χ2v) is 9.75. The molecular weight excluding hydrogens is 461 g/mol. The lowest BCUT2D eigenvalue weighted by Gasteiger charge is -2.28. The summed E-state index contributed by atoms with van der Waals surface area (Å²) in [4.78, 5) is 33.4. The average Bonchev–Trinajstić information content (AvgIpc) is 3.58. The molecule has 188 valence electrons. The Morgan fingerprint density at radius 3 is 2.37 bits per heavy atom. The van der Waals surface area contributed by atoms with Crippen LogP contribution in [0.2, 0.25) is 0 Å². The van der Waals surface area contributed by atoms with Crippen LogP contribution in [-0.4, -0.2) is 53.3 Å². The molecule has 2 aromatic rings. The number of alkyl halides is 3. The van der Waals surface area contributed by atoms with Gasteiger partial charge in [-0.05, 0) is 69.0 Å². The number of aromatic nitrogens is 1. The van der Waals surface area contributed by atoms with Crippen molar-refractivity contribution in [2.24, 2.45) is 0 Å². The number of amides is 3. The summed E-state index contributed by atoms with van der Waals surface area (Å²) >= 11 is 0. The van der Waals surface area contributed by atoms with E-state index in [0.717, 1.165) is 10.5 Å². The van der Waals surface area contributed by atoms with E-state index in [2.05, 4.69) is 10.3 Å². The maximum Gasteiger partial charge on any atom is 0.398 e. The number of methoxy groups -OCH3 is 1. The van der Waals surface area contributed by atoms with Gasteiger partial charge in [-0.2, -0.15) is 13.2 Å². The number of halogens is 3. The molecule has 1 aliphatic carbocycles. The van der Waals surface area contributed by atoms with Crippen molar-refractivity contribution in [3.8, 4) is 0 Å². The number of nitrogens with one attached hydrogen (secondary N) is 1. The van der Waals surface area contributed by atoms with Crippen LogP contribution in [0.1, 0.15) is 44.7 Å². The summed E-state index contributed by atoms with van der Waals surface area (Å²) in [7, 11) is 1.61. The molecule has 3 amide bonds. The van der Waals surface area contributed by atoms with Crippen molar-refractivity contribution in [1.29, 1.82) is 0 Å². The number of pyridine rings is 1. The van der Waals surface area contributed by atoms with E-state index in [0.29, 0.717) is 12.4 Å². The van der Waals surface area contributed by atoms with Crippen LogP contribution in [-0.2, 0) is 21.5 Å². The number of rotatable bonds is 8. The highest BCUT2D eigenvalue weighted by Gasteiger charge is 2.64. The number of hydrogen-bond donors (Lipinski definition) is 1. The number of nitrogens with zero attached hydrogens (tertiary/aromatic N) is 3. The molecule has 35 heavy (non-hydrogen) atoms. The predicted octanol–water partition coefficient (Wildman–Crippen LogP) is 4.87. The van der Waals surface area contributed by atoms with Gasteiger partial charge in [0.1, 0.15) is 11.4 Å². The van der Waals surface area contributed by atoms with Gasteiger partial charge in [-0.1, -0.05) is 12.1 Å². The third-order valence-electron chi connectivity index (χ3n) is 6.77. The van der Waals surface area contributed by atoms with E-state index >= 15 is 0 Å². The molecule has 0 bridgehead atoms. The van der Waals surface area contributed by atoms with E-state index in [4.69, 9.17) is 4.74 Å². The first-order chi connectivity index (χ1) is 16.4. The maximum absolute atomic E-state index is 13.5. The van der Waals surface area contributed by atoms with Crippen molar-refractivity contribution in [2.45, 2.75) is 63.3 Å². The summed E-state index contributed by atoms with van der Waals surface area (Å²) in [6.07, 6.45) is -2.61. The number of benzene rings is 1. The fourth-order valence-electron chi connectivity index (χ4n) is 4.50. The first-order valence-electron chi connectivity index (χ1n) is 11.4. The van der Waals surface area contributed by atoms with E-state index in [1.165, 1.54) is 29.2 Å². The number of hydrogen-bond acceptors (Lipinski definition) is 5. The molecule has 1 atom stereocenters. The zero-order valence-electron chi connectivity index (χ0n) is 20.1. The van der Waals surface area contributed by atoms with Gasteiger partial charge >= 0.3 is 12.2 Å². The Kier molecular flexibility index (Phi) is 6.29. The molecule has 1 N–H and O–H groups in total. The van der Waals surface area contributed by atoms with Crippen LogP contribution in [0, 0.1) is 0 Å². The van der Waals surface area contributed by atoms with Crippen LogP contribution >= 0.6 is 0 Å². The van der Waals surface area contributed by atoms with Crippen molar-refractivity contribution in [1.82, 2.24) is 9.88 Å². The minimum Gasteiger partial charge on any atom is -0.383 e. The first-order valence-corrected chi connectivity index (χ1v) is 11.4. The molecular formula is C25H29F3N4O3. The quantitative estimate of drug-likeness (QED) is 0.535. The van der Waals surface area contributed by atoms with Crippen molar-refractivity contribution in [3.05, 3.63) is 53.7 Å². The highest BCUT2D eigenvalue weighted by molar-refractivity contribution is 6.22. The summed E-state index contributed by atoms with van der Waals surface area (Å²) in [6, 6.07) is 8.66. The number of ether oxygens (including phenoxy) is 1. The van der Waals surface area contributed by atoms with Crippen molar-refractivity contribution in [3.63, 3.8) is 0 Å². The zero-order valence-corrected chi connectivity index (χ0v) is 20.1. The average molecular weight is 491 g/mol. The monoisotopic (exact) mass is 490 g/mol. The molecule has 7 nitrogen and oxygen atoms in total. The molecule has 10 heteroatoms. The smallest absolute Gasteiger partial charge is 0.383 e. The minimum atomic E-state index is -4.33. The van der Waals surface area contributed by atoms with Crippen LogP contribution in [0.3, 0.4) is 0 Å². The van der Waals surface area contributed by atoms with Gasteiger partial charge in [0.25, 0.3) is 5.91 Å². The van der Waals surface area contributed by atoms with Gasteiger partial charge in [0.05, 0.1) is 17.7 Å². The number of carbonyl (C=O) groups excluding carboxylic acids is 2. The van der Waals surface area contributed by atoms with Crippen LogP contribution in [0.4, 0.5) is 29.5 Å². The van der Waals surface area contributed by atoms with Crippen molar-refractivity contribution < 1.29 is 27.5 Å². The third kappa shape index (κ3) is 4.47. The van der Waals surface area contributed by atoms with Gasteiger partial charge in [-0.3, -0.25) is 4.79 Å². The molecule has 1 aromatic heterocycles. The second-order valence-electron chi connectivity index (χ2n) is 9.75. The van der Waals surface area contributed by atoms with E-state index in [1.54, 1.807) is 33.2 Å². The van der Waals surface area contributed by atoms with Crippen molar-refractivity contribution in [2.75, 3.05) is 23.9 Å². The Labute approximate surface area is 202 Å². The van der Waals surface area contributed by atoms with Gasteiger partial charge in [0.15, 0.2) is 0 Å². The molecule has 0 spiro atoms. The standard InChI is InChI=1S/C25H29F3N4O3/c1-16(15-35-4)30-20-13-17(9-12-29-20)14-31-22(34)32(21(33)23(31,2)3)19-7-5-18(6-8-19)24(10-11-24)25(26,27)28/h5-9,12-13,16H,10-11,14-15H2,1-4H3,(H,29,30)/t16-/m1/s1. The van der Waals surface area contributed by atoms with Gasteiger partial charge in [0, 0.05) is 25.9 Å². The number of carbonyl (C=O) groups is 2. The summed E-state index contributed by atoms with van der Waals surface area (Å²) in [5.74, 6) is 0.183. The highest BCUT2D eigenvalue weighted by atomic mass is 19.4. The topological polar surface area (TPSA) is 74.8 Å². The predicted molar refractivity (Wildman–Crippen MR) is 125 cm³/mol. The first kappa shape index (κ1) is 25.0. The number of anilines is 2. The van der Waals surface area contributed by atoms with Gasteiger partial charge in [-0.15, -0.1) is 0 Å². The Morgan fingerprint density at radius 1 is 1.14 bits per heavy atom. The minimum absolute atomic E-state index is 0.0276. The summed E-state index contributed by atoms with van der Waals surface area (Å²) in [5, 5.41) is 3.22. The zero-order chi connectivity index (χ0) is 25.6. The Balaban J connectivity index is 1.54. The fourth-order valence-corrected chi connectivity index (χ4v) is 4.50. The van der Waals surface area contributed by atoms with Crippen LogP contribution in [0.25, 0.3) is 0 Å². The lowest BCUT2D eigenvalue weighted by molar-refractivity contribution is -0.160. The molecule has 0 unspecified atom stereocenters. The van der Waals surface area contributed by atoms with E-state index in [1.807, 2.05) is 13.0 Å². The SMILES string of the molecule is COC[C@@H](C)Nc1cc(CN2C(=O)N(c3ccc(C4(C(F)(F)F)CC4)cc3)C(=O)C2(C)C)ccn1. The highest BCUT2D eigenvalue weighted by Crippen LogP contribution is 2.59. The van der Waals surface area contributed by atoms with E-state index in [9.17, 15) is 22.8 Å². The second kappa shape index (κ2) is 8.82. The van der Waals surface area contributed by atoms with Crippen LogP contribution in [0.15, 0.2) is 42.6 Å². The van der Waals surface area contributed by atoms with Crippen LogP contribution < -0.4 is 10.2 Å². The molecule has 2 aliphatic rings. The molecule has 4 rings (SSSR count). The maximum atomic E-state index is 13.5. The fraction of sp³-hybridized carbons (Fsp3) is 0.480. The molecule has 0 radical (unpaired) electrons. The molecule has 2 fully saturated rings. The van der Waals surface area contributed by atoms with Gasteiger partial charge < -0.3 is 15.0 Å². The number of imide groups is 1. The van der Waals surface area contributed by atoms with Gasteiger partial charge in [0.2, 0.25) is 0 Å². The largest absolute Gasteiger partial charge is 0.398 e. The van der Waals surface area contributed by atoms with E-state index in [-0.39, 0.29) is 36.7 Å². The molecule has 1 saturated heterocycles. The normalized spacial score (nSPS) is 19.7. The lowest BCUT2D eigenvalue weighted by atomic mass is 9.95. The third-order valence-corrected chi connectivity index (χ3v) is 6.77. The molecule has 2 heterocycles. The molecule has 1 saturated carbocycles.